The van der Waals surface area contributed by atoms with Gasteiger partial charge in [-0.2, -0.15) is 5.26 Å². The Morgan fingerprint density at radius 3 is 2.60 bits per heavy atom. The van der Waals surface area contributed by atoms with Gasteiger partial charge in [-0.25, -0.2) is 4.39 Å². The van der Waals surface area contributed by atoms with Crippen LogP contribution in [0.1, 0.15) is 47.6 Å². The number of aliphatic hydroxyl groups is 1. The molecule has 0 radical (unpaired) electrons. The van der Waals surface area contributed by atoms with E-state index in [1.54, 1.807) is 24.4 Å². The number of hydrogen-bond acceptors (Lipinski definition) is 9. The quantitative estimate of drug-likeness (QED) is 0.112. The van der Waals surface area contributed by atoms with Crippen LogP contribution in [0.25, 0.3) is 11.1 Å². The summed E-state index contributed by atoms with van der Waals surface area (Å²) in [6.45, 7) is 5.05. The number of benzene rings is 3. The van der Waals surface area contributed by atoms with Gasteiger partial charge in [-0.15, -0.1) is 0 Å². The Bertz CT molecular complexity index is 1990. The van der Waals surface area contributed by atoms with E-state index in [4.69, 9.17) is 32.7 Å². The minimum atomic E-state index is -1.60. The first-order valence-corrected chi connectivity index (χ1v) is 18.4. The molecule has 2 aliphatic rings. The van der Waals surface area contributed by atoms with Crippen LogP contribution in [0.2, 0.25) is 10.0 Å². The van der Waals surface area contributed by atoms with Crippen LogP contribution < -0.4 is 19.7 Å². The number of nitrogens with zero attached hydrogens (tertiary/aromatic N) is 4. The number of carboxylic acid groups (broad SMARTS) is 1. The average molecular weight is 763 g/mol. The fraction of sp³-hybridized carbons (Fsp3) is 0.375. The highest BCUT2D eigenvalue weighted by Crippen LogP contribution is 2.41. The first-order valence-electron chi connectivity index (χ1n) is 17.6. The molecule has 13 heteroatoms. The monoisotopic (exact) mass is 761 g/mol. The van der Waals surface area contributed by atoms with Crippen LogP contribution in [0.15, 0.2) is 67.0 Å². The smallest absolute Gasteiger partial charge is 0.326 e. The Morgan fingerprint density at radius 2 is 1.85 bits per heavy atom. The molecule has 2 aliphatic heterocycles. The molecular weight excluding hydrogens is 720 g/mol. The normalized spacial score (nSPS) is 16.6. The summed E-state index contributed by atoms with van der Waals surface area (Å²) in [6.07, 6.45) is 4.86. The van der Waals surface area contributed by atoms with Crippen molar-refractivity contribution in [1.29, 1.82) is 5.26 Å². The van der Waals surface area contributed by atoms with E-state index in [1.165, 1.54) is 24.4 Å². The van der Waals surface area contributed by atoms with E-state index in [-0.39, 0.29) is 24.8 Å². The van der Waals surface area contributed by atoms with Crippen LogP contribution in [0.4, 0.5) is 10.1 Å². The molecule has 0 saturated carbocycles. The number of fused-ring (bicyclic) bond motifs is 1. The summed E-state index contributed by atoms with van der Waals surface area (Å²) >= 11 is 13.8. The molecule has 0 aliphatic carbocycles. The maximum absolute atomic E-state index is 13.6. The van der Waals surface area contributed by atoms with E-state index in [1.807, 2.05) is 18.2 Å². The van der Waals surface area contributed by atoms with E-state index in [9.17, 15) is 24.7 Å². The van der Waals surface area contributed by atoms with E-state index in [0.717, 1.165) is 55.7 Å². The molecule has 278 valence electrons. The number of rotatable bonds is 16. The Morgan fingerprint density at radius 1 is 1.06 bits per heavy atom. The van der Waals surface area contributed by atoms with Crippen LogP contribution in [0.5, 0.6) is 11.5 Å². The minimum absolute atomic E-state index is 0.0138. The minimum Gasteiger partial charge on any atom is -0.488 e. The molecule has 3 aromatic carbocycles. The number of nitrogens with one attached hydrogen (secondary N) is 1. The molecule has 0 bridgehead atoms. The number of likely N-dealkylation sites (tertiary alicyclic amines) is 1. The second kappa shape index (κ2) is 17.1. The summed E-state index contributed by atoms with van der Waals surface area (Å²) in [5.41, 5.74) is 5.18. The van der Waals surface area contributed by atoms with E-state index in [0.29, 0.717) is 46.2 Å². The second-order valence-corrected chi connectivity index (χ2v) is 14.5. The van der Waals surface area contributed by atoms with Crippen molar-refractivity contribution < 1.29 is 28.9 Å². The van der Waals surface area contributed by atoms with Gasteiger partial charge in [0.15, 0.2) is 0 Å². The van der Waals surface area contributed by atoms with Gasteiger partial charge in [0.2, 0.25) is 0 Å². The van der Waals surface area contributed by atoms with Gasteiger partial charge >= 0.3 is 5.97 Å². The fourth-order valence-corrected chi connectivity index (χ4v) is 7.27. The fourth-order valence-electron chi connectivity index (χ4n) is 6.75. The topological polar surface area (TPSA) is 131 Å². The Labute approximate surface area is 318 Å². The summed E-state index contributed by atoms with van der Waals surface area (Å²) in [5, 5.41) is 32.4. The molecule has 3 N–H and O–H groups in total. The van der Waals surface area contributed by atoms with E-state index < -0.39 is 24.3 Å². The van der Waals surface area contributed by atoms with Crippen molar-refractivity contribution in [2.75, 3.05) is 44.2 Å². The Balaban J connectivity index is 1.19. The van der Waals surface area contributed by atoms with Crippen LogP contribution in [-0.2, 0) is 31.0 Å². The molecule has 0 spiro atoms. The standard InChI is InChI=1S/C40H42Cl2FN5O5/c1-40(25-49,39(50)51)46-21-29-16-34(41)37(17-36(29)52-23-27-15-26(18-44)19-45-20-27)53-24-28-5-2-7-33(38(28)42)31-6-3-8-35-32(31)10-14-48(35)12-4-11-47-13-9-30(43)22-47/h2-3,5-8,15-17,19-20,30,46,49H,4,9-14,21-25H2,1H3,(H,50,51)/t30?,40-/m0/s1. The number of aliphatic carboxylic acids is 1. The summed E-state index contributed by atoms with van der Waals surface area (Å²) < 4.78 is 26.0. The lowest BCUT2D eigenvalue weighted by molar-refractivity contribution is -0.145. The van der Waals surface area contributed by atoms with Gasteiger partial charge in [0.25, 0.3) is 0 Å². The number of carboxylic acids is 1. The first kappa shape index (κ1) is 38.3. The third-order valence-electron chi connectivity index (χ3n) is 9.88. The zero-order valence-electron chi connectivity index (χ0n) is 29.5. The van der Waals surface area contributed by atoms with Crippen LogP contribution in [-0.4, -0.2) is 77.1 Å². The molecule has 4 aromatic rings. The number of hydrogen-bond donors (Lipinski definition) is 3. The zero-order chi connectivity index (χ0) is 37.5. The second-order valence-electron chi connectivity index (χ2n) is 13.7. The molecular formula is C40H42Cl2FN5O5. The largest absolute Gasteiger partial charge is 0.488 e. The van der Waals surface area contributed by atoms with Gasteiger partial charge in [-0.05, 0) is 62.1 Å². The highest BCUT2D eigenvalue weighted by atomic mass is 35.5. The number of alkyl halides is 1. The van der Waals surface area contributed by atoms with E-state index >= 15 is 0 Å². The van der Waals surface area contributed by atoms with Gasteiger partial charge in [-0.1, -0.05) is 53.5 Å². The number of halogens is 3. The first-order chi connectivity index (χ1) is 25.6. The number of aromatic nitrogens is 1. The van der Waals surface area contributed by atoms with Gasteiger partial charge < -0.3 is 29.5 Å². The lowest BCUT2D eigenvalue weighted by atomic mass is 9.96. The maximum atomic E-state index is 13.6. The van der Waals surface area contributed by atoms with Crippen molar-refractivity contribution in [3.63, 3.8) is 0 Å². The summed E-state index contributed by atoms with van der Waals surface area (Å²) in [4.78, 5) is 20.5. The lowest BCUT2D eigenvalue weighted by Crippen LogP contribution is -2.52. The number of pyridine rings is 1. The molecule has 1 aromatic heterocycles. The number of aliphatic hydroxyl groups excluding tert-OH is 1. The highest BCUT2D eigenvalue weighted by Gasteiger charge is 2.32. The van der Waals surface area contributed by atoms with Crippen molar-refractivity contribution in [3.8, 4) is 28.7 Å². The van der Waals surface area contributed by atoms with Crippen molar-refractivity contribution >= 4 is 34.9 Å². The molecule has 10 nitrogen and oxygen atoms in total. The van der Waals surface area contributed by atoms with Crippen LogP contribution >= 0.6 is 23.2 Å². The number of carbonyl (C=O) groups is 1. The molecule has 1 fully saturated rings. The van der Waals surface area contributed by atoms with Crippen molar-refractivity contribution in [3.05, 3.63) is 105 Å². The highest BCUT2D eigenvalue weighted by molar-refractivity contribution is 6.34. The molecule has 1 unspecified atom stereocenters. The molecule has 53 heavy (non-hydrogen) atoms. The van der Waals surface area contributed by atoms with Gasteiger partial charge in [0, 0.05) is 79.1 Å². The SMILES string of the molecule is C[C@@](CO)(NCc1cc(Cl)c(OCc2cccc(-c3cccc4c3CCN4CCCN3CCC(F)C3)c2Cl)cc1OCc1cncc(C#N)c1)C(=O)O. The van der Waals surface area contributed by atoms with Crippen molar-refractivity contribution in [2.45, 2.75) is 57.7 Å². The zero-order valence-corrected chi connectivity index (χ0v) is 31.0. The number of nitriles is 1. The van der Waals surface area contributed by atoms with Gasteiger partial charge in [0.05, 0.1) is 22.2 Å². The summed E-state index contributed by atoms with van der Waals surface area (Å²) in [5.74, 6) is -0.524. The van der Waals surface area contributed by atoms with Crippen molar-refractivity contribution in [1.82, 2.24) is 15.2 Å². The predicted molar refractivity (Wildman–Crippen MR) is 202 cm³/mol. The average Bonchev–Trinajstić information content (AvgIpc) is 3.78. The summed E-state index contributed by atoms with van der Waals surface area (Å²) in [6, 6.07) is 19.2. The molecule has 6 rings (SSSR count). The predicted octanol–water partition coefficient (Wildman–Crippen LogP) is 6.81. The number of anilines is 1. The Kier molecular flexibility index (Phi) is 12.4. The maximum Gasteiger partial charge on any atom is 0.326 e. The van der Waals surface area contributed by atoms with Crippen LogP contribution in [0.3, 0.4) is 0 Å². The molecule has 1 saturated heterocycles. The summed E-state index contributed by atoms with van der Waals surface area (Å²) in [7, 11) is 0. The van der Waals surface area contributed by atoms with Crippen molar-refractivity contribution in [2.24, 2.45) is 0 Å². The van der Waals surface area contributed by atoms with Gasteiger partial charge in [0.1, 0.15) is 42.5 Å². The van der Waals surface area contributed by atoms with E-state index in [2.05, 4.69) is 44.4 Å². The number of ether oxygens (including phenoxy) is 2. The third-order valence-corrected chi connectivity index (χ3v) is 10.6. The molecule has 0 amide bonds. The van der Waals surface area contributed by atoms with Gasteiger partial charge in [-0.3, -0.25) is 15.1 Å². The Hall–Kier alpha value is -4.44. The molecule has 2 atom stereocenters. The molecule has 3 heterocycles. The third kappa shape index (κ3) is 9.03. The van der Waals surface area contributed by atoms with Crippen LogP contribution in [0, 0.1) is 11.3 Å². The lowest BCUT2D eigenvalue weighted by Gasteiger charge is -2.25.